The first-order valence-electron chi connectivity index (χ1n) is 8.54. The lowest BCUT2D eigenvalue weighted by Gasteiger charge is -2.06. The molecule has 116 valence electrons. The summed E-state index contributed by atoms with van der Waals surface area (Å²) >= 11 is 0. The van der Waals surface area contributed by atoms with Crippen molar-refractivity contribution in [3.63, 3.8) is 0 Å². The third-order valence-electron chi connectivity index (χ3n) is 4.30. The van der Waals surface area contributed by atoms with Crippen molar-refractivity contribution in [1.29, 1.82) is 0 Å². The Labute approximate surface area is 128 Å². The van der Waals surface area contributed by atoms with Crippen molar-refractivity contribution >= 4 is 5.78 Å². The van der Waals surface area contributed by atoms with Gasteiger partial charge in [0.25, 0.3) is 0 Å². The standard InChI is InChI=1S/C19H28O2/c1-2-3-4-5-6-7-13-21-15-19(20)18-12-11-16-9-8-10-17(16)14-18/h11-12,14H,2-10,13,15H2,1H3. The number of ketones is 1. The molecule has 1 aliphatic carbocycles. The molecule has 0 fully saturated rings. The van der Waals surface area contributed by atoms with E-state index in [2.05, 4.69) is 19.1 Å². The quantitative estimate of drug-likeness (QED) is 0.459. The topological polar surface area (TPSA) is 26.3 Å². The van der Waals surface area contributed by atoms with E-state index >= 15 is 0 Å². The van der Waals surface area contributed by atoms with Gasteiger partial charge >= 0.3 is 0 Å². The van der Waals surface area contributed by atoms with Gasteiger partial charge in [-0.1, -0.05) is 51.2 Å². The smallest absolute Gasteiger partial charge is 0.188 e. The molecule has 0 amide bonds. The third-order valence-corrected chi connectivity index (χ3v) is 4.30. The minimum absolute atomic E-state index is 0.121. The molecule has 0 bridgehead atoms. The molecule has 0 heterocycles. The predicted octanol–water partition coefficient (Wildman–Crippen LogP) is 4.74. The van der Waals surface area contributed by atoms with E-state index < -0.39 is 0 Å². The van der Waals surface area contributed by atoms with Gasteiger partial charge in [-0.25, -0.2) is 0 Å². The summed E-state index contributed by atoms with van der Waals surface area (Å²) in [6.45, 7) is 3.17. The first-order valence-corrected chi connectivity index (χ1v) is 8.54. The normalized spacial score (nSPS) is 13.4. The van der Waals surface area contributed by atoms with E-state index in [4.69, 9.17) is 4.74 Å². The van der Waals surface area contributed by atoms with E-state index in [1.165, 1.54) is 56.1 Å². The molecule has 0 aliphatic heterocycles. The summed E-state index contributed by atoms with van der Waals surface area (Å²) in [5.74, 6) is 0.121. The van der Waals surface area contributed by atoms with Crippen LogP contribution in [0.3, 0.4) is 0 Å². The molecule has 1 aliphatic rings. The van der Waals surface area contributed by atoms with Crippen LogP contribution in [0.15, 0.2) is 18.2 Å². The Morgan fingerprint density at radius 1 is 1.05 bits per heavy atom. The third kappa shape index (κ3) is 5.28. The van der Waals surface area contributed by atoms with Gasteiger partial charge < -0.3 is 4.74 Å². The molecule has 0 N–H and O–H groups in total. The maximum atomic E-state index is 12.1. The summed E-state index contributed by atoms with van der Waals surface area (Å²) in [6.07, 6.45) is 11.0. The average molecular weight is 288 g/mol. The monoisotopic (exact) mass is 288 g/mol. The number of fused-ring (bicyclic) bond motifs is 1. The first-order chi connectivity index (χ1) is 10.3. The number of rotatable bonds is 10. The Balaban J connectivity index is 1.61. The number of ether oxygens (including phenoxy) is 1. The number of aryl methyl sites for hydroxylation is 2. The fourth-order valence-corrected chi connectivity index (χ4v) is 2.98. The minimum Gasteiger partial charge on any atom is -0.373 e. The molecule has 2 rings (SSSR count). The van der Waals surface area contributed by atoms with E-state index in [9.17, 15) is 4.79 Å². The zero-order valence-electron chi connectivity index (χ0n) is 13.3. The van der Waals surface area contributed by atoms with Crippen molar-refractivity contribution in [3.05, 3.63) is 34.9 Å². The molecule has 0 saturated carbocycles. The zero-order valence-corrected chi connectivity index (χ0v) is 13.3. The Morgan fingerprint density at radius 2 is 1.81 bits per heavy atom. The number of carbonyl (C=O) groups is 1. The Bertz CT molecular complexity index is 451. The number of hydrogen-bond donors (Lipinski definition) is 0. The molecule has 2 heteroatoms. The van der Waals surface area contributed by atoms with E-state index in [-0.39, 0.29) is 12.4 Å². The van der Waals surface area contributed by atoms with Crippen molar-refractivity contribution in [2.24, 2.45) is 0 Å². The summed E-state index contributed by atoms with van der Waals surface area (Å²) in [7, 11) is 0. The Hall–Kier alpha value is -1.15. The molecule has 2 nitrogen and oxygen atoms in total. The second-order valence-corrected chi connectivity index (χ2v) is 6.08. The van der Waals surface area contributed by atoms with E-state index in [0.717, 1.165) is 18.4 Å². The molecular weight excluding hydrogens is 260 g/mol. The fourth-order valence-electron chi connectivity index (χ4n) is 2.98. The molecule has 0 unspecified atom stereocenters. The van der Waals surface area contributed by atoms with Gasteiger partial charge in [-0.3, -0.25) is 4.79 Å². The zero-order chi connectivity index (χ0) is 14.9. The van der Waals surface area contributed by atoms with Gasteiger partial charge in [-0.2, -0.15) is 0 Å². The minimum atomic E-state index is 0.121. The van der Waals surface area contributed by atoms with E-state index in [1.54, 1.807) is 0 Å². The van der Waals surface area contributed by atoms with Crippen LogP contribution in [0, 0.1) is 0 Å². The lowest BCUT2D eigenvalue weighted by molar-refractivity contribution is 0.0752. The first kappa shape index (κ1) is 16.2. The number of Topliss-reactive ketones (excluding diaryl/α,β-unsaturated/α-hetero) is 1. The van der Waals surface area contributed by atoms with Crippen LogP contribution >= 0.6 is 0 Å². The molecule has 0 radical (unpaired) electrons. The van der Waals surface area contributed by atoms with Gasteiger partial charge in [0.2, 0.25) is 0 Å². The van der Waals surface area contributed by atoms with Crippen molar-refractivity contribution in [1.82, 2.24) is 0 Å². The number of carbonyl (C=O) groups excluding carboxylic acids is 1. The van der Waals surface area contributed by atoms with E-state index in [0.29, 0.717) is 6.61 Å². The summed E-state index contributed by atoms with van der Waals surface area (Å²) in [5.41, 5.74) is 3.59. The number of benzene rings is 1. The van der Waals surface area contributed by atoms with Gasteiger partial charge in [0.1, 0.15) is 6.61 Å². The Kier molecular flexibility index (Phi) is 6.94. The van der Waals surface area contributed by atoms with Crippen LogP contribution in [0.2, 0.25) is 0 Å². The highest BCUT2D eigenvalue weighted by Crippen LogP contribution is 2.23. The molecule has 1 aromatic carbocycles. The van der Waals surface area contributed by atoms with Crippen molar-refractivity contribution in [3.8, 4) is 0 Å². The highest BCUT2D eigenvalue weighted by Gasteiger charge is 2.13. The largest absolute Gasteiger partial charge is 0.373 e. The van der Waals surface area contributed by atoms with Gasteiger partial charge in [-0.15, -0.1) is 0 Å². The van der Waals surface area contributed by atoms with Gasteiger partial charge in [0.15, 0.2) is 5.78 Å². The van der Waals surface area contributed by atoms with Crippen LogP contribution in [0.5, 0.6) is 0 Å². The van der Waals surface area contributed by atoms with E-state index in [1.807, 2.05) is 6.07 Å². The van der Waals surface area contributed by atoms with Crippen LogP contribution < -0.4 is 0 Å². The molecule has 0 spiro atoms. The van der Waals surface area contributed by atoms with Crippen molar-refractivity contribution < 1.29 is 9.53 Å². The predicted molar refractivity (Wildman–Crippen MR) is 87.0 cm³/mol. The van der Waals surface area contributed by atoms with Gasteiger partial charge in [0.05, 0.1) is 0 Å². The second-order valence-electron chi connectivity index (χ2n) is 6.08. The summed E-state index contributed by atoms with van der Waals surface area (Å²) in [5, 5.41) is 0. The number of hydrogen-bond acceptors (Lipinski definition) is 2. The average Bonchev–Trinajstić information content (AvgIpc) is 2.97. The summed E-state index contributed by atoms with van der Waals surface area (Å²) < 4.78 is 5.53. The lowest BCUT2D eigenvalue weighted by Crippen LogP contribution is -2.10. The molecule has 0 aromatic heterocycles. The van der Waals surface area contributed by atoms with Gasteiger partial charge in [-0.05, 0) is 42.9 Å². The molecule has 0 atom stereocenters. The summed E-state index contributed by atoms with van der Waals surface area (Å²) in [6, 6.07) is 6.14. The maximum absolute atomic E-state index is 12.1. The highest BCUT2D eigenvalue weighted by atomic mass is 16.5. The molecule has 0 saturated heterocycles. The van der Waals surface area contributed by atoms with Crippen molar-refractivity contribution in [2.75, 3.05) is 13.2 Å². The molecule has 1 aromatic rings. The SMILES string of the molecule is CCCCCCCCOCC(=O)c1ccc2c(c1)CCC2. The maximum Gasteiger partial charge on any atom is 0.188 e. The van der Waals surface area contributed by atoms with Crippen LogP contribution in [0.4, 0.5) is 0 Å². The summed E-state index contributed by atoms with van der Waals surface area (Å²) in [4.78, 5) is 12.1. The molecular formula is C19H28O2. The molecule has 21 heavy (non-hydrogen) atoms. The fraction of sp³-hybridized carbons (Fsp3) is 0.632. The van der Waals surface area contributed by atoms with Crippen LogP contribution in [0.25, 0.3) is 0 Å². The Morgan fingerprint density at radius 3 is 2.67 bits per heavy atom. The number of unbranched alkanes of at least 4 members (excludes halogenated alkanes) is 5. The van der Waals surface area contributed by atoms with Crippen LogP contribution in [-0.2, 0) is 17.6 Å². The van der Waals surface area contributed by atoms with Gasteiger partial charge in [0, 0.05) is 12.2 Å². The van der Waals surface area contributed by atoms with Crippen molar-refractivity contribution in [2.45, 2.75) is 64.7 Å². The lowest BCUT2D eigenvalue weighted by atomic mass is 10.0. The second kappa shape index (κ2) is 8.99. The van der Waals surface area contributed by atoms with Crippen LogP contribution in [0.1, 0.15) is 73.4 Å². The highest BCUT2D eigenvalue weighted by molar-refractivity contribution is 5.97. The van der Waals surface area contributed by atoms with Crippen LogP contribution in [-0.4, -0.2) is 19.0 Å².